The van der Waals surface area contributed by atoms with E-state index >= 15 is 0 Å². The molecule has 0 unspecified atom stereocenters. The van der Waals surface area contributed by atoms with Crippen LogP contribution in [-0.4, -0.2) is 15.3 Å². The van der Waals surface area contributed by atoms with Gasteiger partial charge in [0.1, 0.15) is 5.75 Å². The first-order chi connectivity index (χ1) is 10.5. The lowest BCUT2D eigenvalue weighted by atomic mass is 10.2. The first kappa shape index (κ1) is 15.1. The molecule has 1 heterocycles. The SMILES string of the molecule is Cc1ccc(Nc2nnc(-c3cc(Br)cc(Br)c3O)o2)cc1. The first-order valence-corrected chi connectivity index (χ1v) is 7.97. The van der Waals surface area contributed by atoms with Gasteiger partial charge in [-0.1, -0.05) is 38.7 Å². The number of nitrogens with one attached hydrogen (secondary N) is 1. The highest BCUT2D eigenvalue weighted by Crippen LogP contribution is 2.38. The number of phenolic OH excluding ortho intramolecular Hbond substituents is 1. The van der Waals surface area contributed by atoms with Crippen LogP contribution in [0.4, 0.5) is 11.7 Å². The van der Waals surface area contributed by atoms with Gasteiger partial charge in [0.05, 0.1) is 10.0 Å². The maximum Gasteiger partial charge on any atom is 0.320 e. The Labute approximate surface area is 143 Å². The topological polar surface area (TPSA) is 71.2 Å². The Kier molecular flexibility index (Phi) is 4.17. The molecule has 2 N–H and O–H groups in total. The lowest BCUT2D eigenvalue weighted by Crippen LogP contribution is -1.89. The highest BCUT2D eigenvalue weighted by atomic mass is 79.9. The predicted molar refractivity (Wildman–Crippen MR) is 91.3 cm³/mol. The van der Waals surface area contributed by atoms with Crippen molar-refractivity contribution < 1.29 is 9.52 Å². The van der Waals surface area contributed by atoms with Crippen LogP contribution in [0.3, 0.4) is 0 Å². The molecule has 0 aliphatic carbocycles. The summed E-state index contributed by atoms with van der Waals surface area (Å²) in [4.78, 5) is 0. The number of aromatic hydroxyl groups is 1. The van der Waals surface area contributed by atoms with Crippen molar-refractivity contribution in [3.05, 3.63) is 50.9 Å². The largest absolute Gasteiger partial charge is 0.506 e. The van der Waals surface area contributed by atoms with E-state index in [1.807, 2.05) is 31.2 Å². The van der Waals surface area contributed by atoms with Crippen molar-refractivity contribution in [1.29, 1.82) is 0 Å². The van der Waals surface area contributed by atoms with Gasteiger partial charge in [-0.15, -0.1) is 5.10 Å². The van der Waals surface area contributed by atoms with Crippen LogP contribution in [-0.2, 0) is 0 Å². The molecule has 0 spiro atoms. The van der Waals surface area contributed by atoms with Gasteiger partial charge in [0.25, 0.3) is 5.89 Å². The van der Waals surface area contributed by atoms with E-state index in [2.05, 4.69) is 47.4 Å². The minimum Gasteiger partial charge on any atom is -0.506 e. The van der Waals surface area contributed by atoms with Crippen molar-refractivity contribution in [1.82, 2.24) is 10.2 Å². The summed E-state index contributed by atoms with van der Waals surface area (Å²) < 4.78 is 6.89. The van der Waals surface area contributed by atoms with Crippen LogP contribution >= 0.6 is 31.9 Å². The zero-order chi connectivity index (χ0) is 15.7. The van der Waals surface area contributed by atoms with Crippen LogP contribution in [0, 0.1) is 6.92 Å². The number of aryl methyl sites for hydroxylation is 1. The molecule has 1 aromatic heterocycles. The number of aromatic nitrogens is 2. The normalized spacial score (nSPS) is 10.7. The molecule has 0 bridgehead atoms. The molecular formula is C15H11Br2N3O2. The molecule has 0 saturated heterocycles. The van der Waals surface area contributed by atoms with Crippen molar-refractivity contribution in [3.63, 3.8) is 0 Å². The van der Waals surface area contributed by atoms with Crippen molar-refractivity contribution >= 4 is 43.6 Å². The van der Waals surface area contributed by atoms with E-state index in [1.165, 1.54) is 5.56 Å². The second-order valence-electron chi connectivity index (χ2n) is 4.69. The van der Waals surface area contributed by atoms with Gasteiger partial charge < -0.3 is 14.8 Å². The Balaban J connectivity index is 1.89. The Morgan fingerprint density at radius 3 is 2.55 bits per heavy atom. The average Bonchev–Trinajstić information content (AvgIpc) is 2.93. The van der Waals surface area contributed by atoms with Crippen LogP contribution < -0.4 is 5.32 Å². The fourth-order valence-corrected chi connectivity index (χ4v) is 3.10. The molecule has 3 rings (SSSR count). The van der Waals surface area contributed by atoms with E-state index in [0.29, 0.717) is 10.0 Å². The van der Waals surface area contributed by atoms with Crippen LogP contribution in [0.15, 0.2) is 49.8 Å². The standard InChI is InChI=1S/C15H11Br2N3O2/c1-8-2-4-10(5-3-8)18-15-20-19-14(22-15)11-6-9(16)7-12(17)13(11)21/h2-7,21H,1H3,(H,18,20). The summed E-state index contributed by atoms with van der Waals surface area (Å²) in [6, 6.07) is 11.5. The van der Waals surface area contributed by atoms with Gasteiger partial charge in [-0.2, -0.15) is 0 Å². The minimum absolute atomic E-state index is 0.0498. The van der Waals surface area contributed by atoms with Gasteiger partial charge in [-0.05, 0) is 47.1 Å². The van der Waals surface area contributed by atoms with Crippen molar-refractivity contribution in [2.45, 2.75) is 6.92 Å². The van der Waals surface area contributed by atoms with Crippen LogP contribution in [0.5, 0.6) is 5.75 Å². The van der Waals surface area contributed by atoms with E-state index in [4.69, 9.17) is 4.42 Å². The molecule has 0 aliphatic heterocycles. The second-order valence-corrected chi connectivity index (χ2v) is 6.46. The number of hydrogen-bond donors (Lipinski definition) is 2. The van der Waals surface area contributed by atoms with Gasteiger partial charge in [0.2, 0.25) is 0 Å². The maximum absolute atomic E-state index is 10.1. The molecule has 0 amide bonds. The third-order valence-corrected chi connectivity index (χ3v) is 4.05. The van der Waals surface area contributed by atoms with Crippen LogP contribution in [0.2, 0.25) is 0 Å². The maximum atomic E-state index is 10.1. The molecule has 3 aromatic rings. The Morgan fingerprint density at radius 2 is 1.82 bits per heavy atom. The zero-order valence-electron chi connectivity index (χ0n) is 11.5. The Bertz CT molecular complexity index is 816. The monoisotopic (exact) mass is 423 g/mol. The van der Waals surface area contributed by atoms with Gasteiger partial charge >= 0.3 is 6.01 Å². The second kappa shape index (κ2) is 6.10. The average molecular weight is 425 g/mol. The fourth-order valence-electron chi connectivity index (χ4n) is 1.87. The van der Waals surface area contributed by atoms with E-state index < -0.39 is 0 Å². The first-order valence-electron chi connectivity index (χ1n) is 6.38. The summed E-state index contributed by atoms with van der Waals surface area (Å²) in [6.07, 6.45) is 0. The molecule has 22 heavy (non-hydrogen) atoms. The number of benzene rings is 2. The number of anilines is 2. The fraction of sp³-hybridized carbons (Fsp3) is 0.0667. The van der Waals surface area contributed by atoms with E-state index in [-0.39, 0.29) is 17.7 Å². The summed E-state index contributed by atoms with van der Waals surface area (Å²) >= 11 is 6.64. The van der Waals surface area contributed by atoms with E-state index in [0.717, 1.165) is 10.2 Å². The molecule has 0 atom stereocenters. The zero-order valence-corrected chi connectivity index (χ0v) is 14.6. The van der Waals surface area contributed by atoms with Crippen molar-refractivity contribution in [3.8, 4) is 17.2 Å². The molecule has 7 heteroatoms. The molecule has 5 nitrogen and oxygen atoms in total. The summed E-state index contributed by atoms with van der Waals surface area (Å²) in [5, 5.41) is 21.0. The number of rotatable bonds is 3. The molecule has 0 fully saturated rings. The van der Waals surface area contributed by atoms with Gasteiger partial charge in [-0.3, -0.25) is 0 Å². The van der Waals surface area contributed by atoms with E-state index in [1.54, 1.807) is 12.1 Å². The Morgan fingerprint density at radius 1 is 1.09 bits per heavy atom. The smallest absolute Gasteiger partial charge is 0.320 e. The van der Waals surface area contributed by atoms with Crippen LogP contribution in [0.25, 0.3) is 11.5 Å². The van der Waals surface area contributed by atoms with Gasteiger partial charge in [-0.25, -0.2) is 0 Å². The summed E-state index contributed by atoms with van der Waals surface area (Å²) in [6.45, 7) is 2.02. The van der Waals surface area contributed by atoms with E-state index in [9.17, 15) is 5.11 Å². The lowest BCUT2D eigenvalue weighted by Gasteiger charge is -2.03. The minimum atomic E-state index is 0.0498. The quantitative estimate of drug-likeness (QED) is 0.617. The molecule has 112 valence electrons. The van der Waals surface area contributed by atoms with Crippen LogP contribution in [0.1, 0.15) is 5.56 Å². The third kappa shape index (κ3) is 3.15. The summed E-state index contributed by atoms with van der Waals surface area (Å²) in [5.41, 5.74) is 2.46. The number of phenols is 1. The number of halogens is 2. The van der Waals surface area contributed by atoms with Gasteiger partial charge in [0.15, 0.2) is 0 Å². The van der Waals surface area contributed by atoms with Crippen molar-refractivity contribution in [2.75, 3.05) is 5.32 Å². The van der Waals surface area contributed by atoms with Crippen molar-refractivity contribution in [2.24, 2.45) is 0 Å². The highest BCUT2D eigenvalue weighted by molar-refractivity contribution is 9.11. The Hall–Kier alpha value is -1.86. The number of hydrogen-bond acceptors (Lipinski definition) is 5. The predicted octanol–water partition coefficient (Wildman–Crippen LogP) is 5.02. The number of nitrogens with zero attached hydrogens (tertiary/aromatic N) is 2. The summed E-state index contributed by atoms with van der Waals surface area (Å²) in [5.74, 6) is 0.280. The molecular weight excluding hydrogens is 414 g/mol. The van der Waals surface area contributed by atoms with Gasteiger partial charge in [0, 0.05) is 10.2 Å². The molecule has 0 radical (unpaired) electrons. The summed E-state index contributed by atoms with van der Waals surface area (Å²) in [7, 11) is 0. The third-order valence-electron chi connectivity index (χ3n) is 2.99. The molecule has 0 saturated carbocycles. The highest BCUT2D eigenvalue weighted by Gasteiger charge is 2.16. The lowest BCUT2D eigenvalue weighted by molar-refractivity contribution is 0.470. The molecule has 2 aromatic carbocycles. The molecule has 0 aliphatic rings.